The van der Waals surface area contributed by atoms with Gasteiger partial charge in [-0.1, -0.05) is 30.3 Å². The van der Waals surface area contributed by atoms with Crippen molar-refractivity contribution in [2.75, 3.05) is 6.54 Å². The topological polar surface area (TPSA) is 51.8 Å². The lowest BCUT2D eigenvalue weighted by Crippen LogP contribution is -2.02. The Hall–Kier alpha value is -2.11. The number of hydrogen-bond donors (Lipinski definition) is 1. The summed E-state index contributed by atoms with van der Waals surface area (Å²) >= 11 is 1.45. The summed E-state index contributed by atoms with van der Waals surface area (Å²) in [4.78, 5) is 9.75. The second-order valence-electron chi connectivity index (χ2n) is 4.53. The van der Waals surface area contributed by atoms with Crippen molar-refractivity contribution in [2.24, 2.45) is 5.73 Å². The first-order valence-corrected chi connectivity index (χ1v) is 7.47. The van der Waals surface area contributed by atoms with Crippen molar-refractivity contribution in [1.82, 2.24) is 9.97 Å². The summed E-state index contributed by atoms with van der Waals surface area (Å²) < 4.78 is 13.9. The van der Waals surface area contributed by atoms with Gasteiger partial charge in [-0.3, -0.25) is 4.98 Å². The Labute approximate surface area is 126 Å². The van der Waals surface area contributed by atoms with Crippen LogP contribution in [0.1, 0.15) is 4.88 Å². The Kier molecular flexibility index (Phi) is 4.03. The van der Waals surface area contributed by atoms with Gasteiger partial charge in [0.05, 0.1) is 5.69 Å². The minimum absolute atomic E-state index is 0.294. The average molecular weight is 299 g/mol. The van der Waals surface area contributed by atoms with Gasteiger partial charge in [-0.25, -0.2) is 9.37 Å². The Morgan fingerprint density at radius 1 is 1.05 bits per heavy atom. The summed E-state index contributed by atoms with van der Waals surface area (Å²) in [6, 6.07) is 12.8. The van der Waals surface area contributed by atoms with E-state index in [1.807, 2.05) is 30.3 Å². The van der Waals surface area contributed by atoms with Gasteiger partial charge in [0.15, 0.2) is 5.82 Å². The van der Waals surface area contributed by atoms with Gasteiger partial charge >= 0.3 is 0 Å². The molecule has 0 radical (unpaired) electrons. The van der Waals surface area contributed by atoms with Crippen LogP contribution in [0.4, 0.5) is 4.39 Å². The predicted molar refractivity (Wildman–Crippen MR) is 83.5 cm³/mol. The Bertz CT molecular complexity index is 740. The number of benzene rings is 1. The quantitative estimate of drug-likeness (QED) is 0.802. The third-order valence-electron chi connectivity index (χ3n) is 3.08. The van der Waals surface area contributed by atoms with Gasteiger partial charge in [0, 0.05) is 16.6 Å². The molecule has 106 valence electrons. The van der Waals surface area contributed by atoms with Crippen LogP contribution in [0, 0.1) is 5.82 Å². The molecule has 0 aliphatic carbocycles. The van der Waals surface area contributed by atoms with E-state index in [0.29, 0.717) is 17.2 Å². The summed E-state index contributed by atoms with van der Waals surface area (Å²) in [5.74, 6) is -0.356. The predicted octanol–water partition coefficient (Wildman–Crippen LogP) is 3.51. The number of pyridine rings is 1. The average Bonchev–Trinajstić information content (AvgIpc) is 2.93. The van der Waals surface area contributed by atoms with E-state index < -0.39 is 0 Å². The van der Waals surface area contributed by atoms with Crippen LogP contribution < -0.4 is 5.73 Å². The second kappa shape index (κ2) is 6.11. The van der Waals surface area contributed by atoms with E-state index >= 15 is 0 Å². The molecule has 0 bridgehead atoms. The SMILES string of the molecule is NCCc1sc(-c2ncccc2F)nc1-c1ccccc1. The molecule has 21 heavy (non-hydrogen) atoms. The summed E-state index contributed by atoms with van der Waals surface area (Å²) in [7, 11) is 0. The lowest BCUT2D eigenvalue weighted by atomic mass is 10.1. The molecule has 2 aromatic heterocycles. The van der Waals surface area contributed by atoms with Crippen molar-refractivity contribution in [3.8, 4) is 22.0 Å². The smallest absolute Gasteiger partial charge is 0.151 e. The van der Waals surface area contributed by atoms with E-state index in [4.69, 9.17) is 5.73 Å². The molecule has 0 aliphatic rings. The van der Waals surface area contributed by atoms with Crippen LogP contribution in [0.5, 0.6) is 0 Å². The third kappa shape index (κ3) is 2.84. The summed E-state index contributed by atoms with van der Waals surface area (Å²) in [6.45, 7) is 0.534. The largest absolute Gasteiger partial charge is 0.330 e. The first-order valence-electron chi connectivity index (χ1n) is 6.65. The molecule has 0 fully saturated rings. The van der Waals surface area contributed by atoms with Crippen LogP contribution in [-0.2, 0) is 6.42 Å². The zero-order valence-electron chi connectivity index (χ0n) is 11.3. The molecule has 3 aromatic rings. The molecule has 0 spiro atoms. The number of aromatic nitrogens is 2. The maximum atomic E-state index is 13.9. The number of halogens is 1. The molecule has 2 N–H and O–H groups in total. The number of nitrogens with zero attached hydrogens (tertiary/aromatic N) is 2. The zero-order valence-corrected chi connectivity index (χ0v) is 12.1. The van der Waals surface area contributed by atoms with E-state index in [1.165, 1.54) is 17.4 Å². The molecule has 0 unspecified atom stereocenters. The molecule has 5 heteroatoms. The summed E-state index contributed by atoms with van der Waals surface area (Å²) in [5.41, 5.74) is 7.85. The molecule has 3 rings (SSSR count). The van der Waals surface area contributed by atoms with Crippen LogP contribution in [0.2, 0.25) is 0 Å². The maximum Gasteiger partial charge on any atom is 0.151 e. The Balaban J connectivity index is 2.11. The minimum Gasteiger partial charge on any atom is -0.330 e. The fourth-order valence-electron chi connectivity index (χ4n) is 2.12. The summed E-state index contributed by atoms with van der Waals surface area (Å²) in [5, 5.41) is 0.593. The van der Waals surface area contributed by atoms with Crippen LogP contribution >= 0.6 is 11.3 Å². The molecule has 0 aliphatic heterocycles. The highest BCUT2D eigenvalue weighted by atomic mass is 32.1. The van der Waals surface area contributed by atoms with Gasteiger partial charge in [-0.2, -0.15) is 0 Å². The van der Waals surface area contributed by atoms with E-state index in [1.54, 1.807) is 12.3 Å². The molecule has 3 nitrogen and oxygen atoms in total. The minimum atomic E-state index is -0.356. The van der Waals surface area contributed by atoms with Gasteiger partial charge in [0.1, 0.15) is 10.7 Å². The lowest BCUT2D eigenvalue weighted by Gasteiger charge is -2.00. The number of hydrogen-bond acceptors (Lipinski definition) is 4. The highest BCUT2D eigenvalue weighted by molar-refractivity contribution is 7.15. The van der Waals surface area contributed by atoms with E-state index in [2.05, 4.69) is 9.97 Å². The molecule has 2 heterocycles. The standard InChI is InChI=1S/C16H14FN3S/c17-12-7-4-10-19-15(12)16-20-14(13(21-16)8-9-18)11-5-2-1-3-6-11/h1-7,10H,8-9,18H2. The molecule has 0 amide bonds. The van der Waals surface area contributed by atoms with Crippen molar-refractivity contribution in [1.29, 1.82) is 0 Å². The van der Waals surface area contributed by atoms with Crippen LogP contribution in [0.15, 0.2) is 48.7 Å². The first-order chi connectivity index (χ1) is 10.3. The van der Waals surface area contributed by atoms with Crippen LogP contribution in [0.25, 0.3) is 22.0 Å². The van der Waals surface area contributed by atoms with E-state index in [9.17, 15) is 4.39 Å². The molecule has 0 saturated carbocycles. The highest BCUT2D eigenvalue weighted by Gasteiger charge is 2.16. The molecule has 0 atom stereocenters. The van der Waals surface area contributed by atoms with Gasteiger partial charge in [0.25, 0.3) is 0 Å². The normalized spacial score (nSPS) is 10.8. The molecule has 0 saturated heterocycles. The van der Waals surface area contributed by atoms with Gasteiger partial charge in [0.2, 0.25) is 0 Å². The van der Waals surface area contributed by atoms with Crippen molar-refractivity contribution in [3.63, 3.8) is 0 Å². The fourth-order valence-corrected chi connectivity index (χ4v) is 3.22. The number of thiazole rings is 1. The van der Waals surface area contributed by atoms with Gasteiger partial charge < -0.3 is 5.73 Å². The van der Waals surface area contributed by atoms with Gasteiger partial charge in [-0.05, 0) is 25.1 Å². The molecular weight excluding hydrogens is 285 g/mol. The van der Waals surface area contributed by atoms with Crippen molar-refractivity contribution < 1.29 is 4.39 Å². The number of nitrogens with two attached hydrogens (primary N) is 1. The van der Waals surface area contributed by atoms with Crippen LogP contribution in [0.3, 0.4) is 0 Å². The van der Waals surface area contributed by atoms with E-state index in [0.717, 1.165) is 22.6 Å². The van der Waals surface area contributed by atoms with Crippen molar-refractivity contribution in [2.45, 2.75) is 6.42 Å². The first kappa shape index (κ1) is 13.9. The monoisotopic (exact) mass is 299 g/mol. The zero-order chi connectivity index (χ0) is 14.7. The number of rotatable bonds is 4. The highest BCUT2D eigenvalue weighted by Crippen LogP contribution is 2.34. The second-order valence-corrected chi connectivity index (χ2v) is 5.61. The van der Waals surface area contributed by atoms with Crippen LogP contribution in [-0.4, -0.2) is 16.5 Å². The van der Waals surface area contributed by atoms with Crippen molar-refractivity contribution in [3.05, 3.63) is 59.4 Å². The third-order valence-corrected chi connectivity index (χ3v) is 4.20. The summed E-state index contributed by atoms with van der Waals surface area (Å²) in [6.07, 6.45) is 2.29. The van der Waals surface area contributed by atoms with Crippen molar-refractivity contribution >= 4 is 11.3 Å². The Morgan fingerprint density at radius 3 is 2.57 bits per heavy atom. The van der Waals surface area contributed by atoms with E-state index in [-0.39, 0.29) is 5.82 Å². The lowest BCUT2D eigenvalue weighted by molar-refractivity contribution is 0.625. The Morgan fingerprint density at radius 2 is 1.86 bits per heavy atom. The molecule has 1 aromatic carbocycles. The maximum absolute atomic E-state index is 13.9. The fraction of sp³-hybridized carbons (Fsp3) is 0.125. The molecular formula is C16H14FN3S. The van der Waals surface area contributed by atoms with Gasteiger partial charge in [-0.15, -0.1) is 11.3 Å².